The van der Waals surface area contributed by atoms with E-state index in [1.54, 1.807) is 0 Å². The molecule has 0 aliphatic carbocycles. The van der Waals surface area contributed by atoms with Crippen LogP contribution in [0.4, 0.5) is 0 Å². The number of hydrogen-bond donors (Lipinski definition) is 1. The van der Waals surface area contributed by atoms with Crippen LogP contribution in [0.2, 0.25) is 0 Å². The molecule has 0 bridgehead atoms. The molecule has 1 saturated heterocycles. The van der Waals surface area contributed by atoms with Gasteiger partial charge in [-0.25, -0.2) is 0 Å². The largest absolute Gasteiger partial charge is 0.481 e. The van der Waals surface area contributed by atoms with Crippen LogP contribution in [0.1, 0.15) is 24.6 Å². The number of carbonyl (C=O) groups is 1. The summed E-state index contributed by atoms with van der Waals surface area (Å²) in [6.07, 6.45) is 2.93. The van der Waals surface area contributed by atoms with Gasteiger partial charge >= 0.3 is 5.97 Å². The zero-order valence-electron chi connectivity index (χ0n) is 9.93. The first-order valence-corrected chi connectivity index (χ1v) is 5.85. The van der Waals surface area contributed by atoms with E-state index in [0.29, 0.717) is 11.8 Å². The van der Waals surface area contributed by atoms with Gasteiger partial charge in [-0.3, -0.25) is 4.79 Å². The Morgan fingerprint density at radius 2 is 2.47 bits per heavy atom. The fourth-order valence-electron chi connectivity index (χ4n) is 2.27. The second-order valence-electron chi connectivity index (χ2n) is 4.65. The maximum atomic E-state index is 10.5. The number of aromatic nitrogens is 2. The van der Waals surface area contributed by atoms with Crippen molar-refractivity contribution in [2.45, 2.75) is 25.7 Å². The third kappa shape index (κ3) is 3.52. The van der Waals surface area contributed by atoms with Crippen LogP contribution in [0.25, 0.3) is 0 Å². The molecule has 2 rings (SSSR count). The Kier molecular flexibility index (Phi) is 3.73. The van der Waals surface area contributed by atoms with E-state index in [-0.39, 0.29) is 12.2 Å². The Morgan fingerprint density at radius 3 is 3.18 bits per heavy atom. The minimum atomic E-state index is -0.935. The highest BCUT2D eigenvalue weighted by Crippen LogP contribution is 2.19. The van der Waals surface area contributed by atoms with Crippen molar-refractivity contribution in [2.24, 2.45) is 5.92 Å². The Balaban J connectivity index is 1.89. The van der Waals surface area contributed by atoms with Crippen LogP contribution in [0, 0.1) is 5.92 Å². The normalized spacial score (nSPS) is 21.6. The number of aliphatic carboxylic acids is 1. The highest BCUT2D eigenvalue weighted by molar-refractivity contribution is 5.68. The maximum absolute atomic E-state index is 10.5. The molecule has 17 heavy (non-hydrogen) atoms. The van der Waals surface area contributed by atoms with E-state index < -0.39 is 5.97 Å². The maximum Gasteiger partial charge on any atom is 0.311 e. The molecule has 2 heterocycles. The van der Waals surface area contributed by atoms with Crippen molar-refractivity contribution in [3.8, 4) is 0 Å². The standard InChI is InChI=1S/C11H17N3O3/c1-14-4-2-3-8(7-14)5-10-12-9(13-17-10)6-11(15)16/h8H,2-7H2,1H3,(H,15,16). The lowest BCUT2D eigenvalue weighted by Gasteiger charge is -2.28. The van der Waals surface area contributed by atoms with Crippen LogP contribution in [0.15, 0.2) is 4.52 Å². The highest BCUT2D eigenvalue weighted by atomic mass is 16.5. The van der Waals surface area contributed by atoms with E-state index in [9.17, 15) is 4.79 Å². The van der Waals surface area contributed by atoms with Crippen molar-refractivity contribution in [1.29, 1.82) is 0 Å². The smallest absolute Gasteiger partial charge is 0.311 e. The first-order chi connectivity index (χ1) is 8.13. The van der Waals surface area contributed by atoms with Gasteiger partial charge in [0.05, 0.1) is 0 Å². The van der Waals surface area contributed by atoms with E-state index in [1.165, 1.54) is 12.8 Å². The van der Waals surface area contributed by atoms with E-state index in [1.807, 2.05) is 0 Å². The Labute approximate surface area is 99.6 Å². The predicted octanol–water partition coefficient (Wildman–Crippen LogP) is 0.581. The number of carboxylic acids is 1. The van der Waals surface area contributed by atoms with E-state index in [0.717, 1.165) is 19.5 Å². The summed E-state index contributed by atoms with van der Waals surface area (Å²) in [7, 11) is 2.11. The summed E-state index contributed by atoms with van der Waals surface area (Å²) < 4.78 is 5.06. The molecule has 6 heteroatoms. The Bertz CT molecular complexity index is 391. The molecule has 1 aromatic heterocycles. The summed E-state index contributed by atoms with van der Waals surface area (Å²) in [6.45, 7) is 2.18. The summed E-state index contributed by atoms with van der Waals surface area (Å²) in [4.78, 5) is 16.9. The van der Waals surface area contributed by atoms with Gasteiger partial charge in [0.25, 0.3) is 0 Å². The van der Waals surface area contributed by atoms with E-state index in [4.69, 9.17) is 9.63 Å². The quantitative estimate of drug-likeness (QED) is 0.828. The molecule has 1 atom stereocenters. The van der Waals surface area contributed by atoms with Crippen LogP contribution in [0.5, 0.6) is 0 Å². The summed E-state index contributed by atoms with van der Waals surface area (Å²) in [5.41, 5.74) is 0. The van der Waals surface area contributed by atoms with Gasteiger partial charge in [0.1, 0.15) is 6.42 Å². The molecule has 0 aromatic carbocycles. The summed E-state index contributed by atoms with van der Waals surface area (Å²) in [5, 5.41) is 12.3. The van der Waals surface area contributed by atoms with E-state index in [2.05, 4.69) is 22.1 Å². The lowest BCUT2D eigenvalue weighted by atomic mass is 9.95. The van der Waals surface area contributed by atoms with Crippen LogP contribution in [0.3, 0.4) is 0 Å². The van der Waals surface area contributed by atoms with Crippen molar-refractivity contribution in [3.05, 3.63) is 11.7 Å². The first kappa shape index (κ1) is 12.0. The molecule has 1 aromatic rings. The van der Waals surface area contributed by atoms with Crippen molar-refractivity contribution >= 4 is 5.97 Å². The van der Waals surface area contributed by atoms with Crippen LogP contribution in [-0.2, 0) is 17.6 Å². The highest BCUT2D eigenvalue weighted by Gasteiger charge is 2.20. The summed E-state index contributed by atoms with van der Waals surface area (Å²) in [5.74, 6) is 0.417. The number of likely N-dealkylation sites (tertiary alicyclic amines) is 1. The molecule has 1 aliphatic rings. The lowest BCUT2D eigenvalue weighted by molar-refractivity contribution is -0.136. The average Bonchev–Trinajstić information content (AvgIpc) is 2.64. The van der Waals surface area contributed by atoms with Crippen molar-refractivity contribution in [3.63, 3.8) is 0 Å². The van der Waals surface area contributed by atoms with Gasteiger partial charge in [0, 0.05) is 13.0 Å². The number of nitrogens with zero attached hydrogens (tertiary/aromatic N) is 3. The SMILES string of the molecule is CN1CCCC(Cc2nc(CC(=O)O)no2)C1. The molecule has 6 nitrogen and oxygen atoms in total. The Morgan fingerprint density at radius 1 is 1.65 bits per heavy atom. The molecule has 0 saturated carbocycles. The van der Waals surface area contributed by atoms with Gasteiger partial charge in [-0.1, -0.05) is 5.16 Å². The van der Waals surface area contributed by atoms with Gasteiger partial charge in [-0.2, -0.15) is 4.98 Å². The van der Waals surface area contributed by atoms with Crippen molar-refractivity contribution in [2.75, 3.05) is 20.1 Å². The molecular formula is C11H17N3O3. The molecule has 1 unspecified atom stereocenters. The third-order valence-corrected chi connectivity index (χ3v) is 3.00. The fraction of sp³-hybridized carbons (Fsp3) is 0.727. The number of rotatable bonds is 4. The zero-order valence-corrected chi connectivity index (χ0v) is 9.93. The predicted molar refractivity (Wildman–Crippen MR) is 59.6 cm³/mol. The lowest BCUT2D eigenvalue weighted by Crippen LogP contribution is -2.33. The first-order valence-electron chi connectivity index (χ1n) is 5.85. The molecule has 1 aliphatic heterocycles. The minimum absolute atomic E-state index is 0.173. The second-order valence-corrected chi connectivity index (χ2v) is 4.65. The monoisotopic (exact) mass is 239 g/mol. The van der Waals surface area contributed by atoms with Crippen molar-refractivity contribution < 1.29 is 14.4 Å². The van der Waals surface area contributed by atoms with Crippen LogP contribution in [-0.4, -0.2) is 46.3 Å². The zero-order chi connectivity index (χ0) is 12.3. The summed E-state index contributed by atoms with van der Waals surface area (Å²) in [6, 6.07) is 0. The van der Waals surface area contributed by atoms with Gasteiger partial charge in [-0.15, -0.1) is 0 Å². The molecule has 0 spiro atoms. The topological polar surface area (TPSA) is 79.5 Å². The molecule has 1 fully saturated rings. The number of hydrogen-bond acceptors (Lipinski definition) is 5. The number of carboxylic acid groups (broad SMARTS) is 1. The van der Waals surface area contributed by atoms with Gasteiger partial charge < -0.3 is 14.5 Å². The molecule has 94 valence electrons. The van der Waals surface area contributed by atoms with Crippen LogP contribution >= 0.6 is 0 Å². The average molecular weight is 239 g/mol. The van der Waals surface area contributed by atoms with Gasteiger partial charge in [0.2, 0.25) is 5.89 Å². The minimum Gasteiger partial charge on any atom is -0.481 e. The van der Waals surface area contributed by atoms with Gasteiger partial charge in [-0.05, 0) is 32.4 Å². The molecule has 0 amide bonds. The van der Waals surface area contributed by atoms with Crippen molar-refractivity contribution in [1.82, 2.24) is 15.0 Å². The summed E-state index contributed by atoms with van der Waals surface area (Å²) >= 11 is 0. The second kappa shape index (κ2) is 5.27. The van der Waals surface area contributed by atoms with E-state index >= 15 is 0 Å². The van der Waals surface area contributed by atoms with Crippen LogP contribution < -0.4 is 0 Å². The Hall–Kier alpha value is -1.43. The van der Waals surface area contributed by atoms with Gasteiger partial charge in [0.15, 0.2) is 5.82 Å². The molecule has 0 radical (unpaired) electrons. The molecule has 1 N–H and O–H groups in total. The molecular weight excluding hydrogens is 222 g/mol. The fourth-order valence-corrected chi connectivity index (χ4v) is 2.27. The number of piperidine rings is 1. The third-order valence-electron chi connectivity index (χ3n) is 3.00.